The van der Waals surface area contributed by atoms with Crippen molar-refractivity contribution in [3.8, 4) is 11.5 Å². The smallest absolute Gasteiger partial charge is 0.410 e. The molecule has 1 amide bonds. The van der Waals surface area contributed by atoms with Crippen molar-refractivity contribution in [2.24, 2.45) is 0 Å². The number of carbonyl (C=O) groups is 2. The SMILES string of the molecule is Cc1oc(-c2ccc(C(=O)CCCc3cccnc3)cc2)nc1CS(=O)(=O)C1CCN(C(=O)OC(C)(C)C)CC1. The van der Waals surface area contributed by atoms with Crippen LogP contribution in [0.25, 0.3) is 11.5 Å². The largest absolute Gasteiger partial charge is 0.444 e. The molecule has 1 aliphatic rings. The first-order valence-corrected chi connectivity index (χ1v) is 15.3. The Morgan fingerprint density at radius 2 is 1.80 bits per heavy atom. The molecule has 1 saturated heterocycles. The number of amides is 1. The van der Waals surface area contributed by atoms with E-state index in [-0.39, 0.29) is 11.5 Å². The molecule has 0 saturated carbocycles. The van der Waals surface area contributed by atoms with Crippen LogP contribution in [0.4, 0.5) is 4.79 Å². The van der Waals surface area contributed by atoms with Crippen LogP contribution in [0.2, 0.25) is 0 Å². The summed E-state index contributed by atoms with van der Waals surface area (Å²) in [5.74, 6) is 0.592. The summed E-state index contributed by atoms with van der Waals surface area (Å²) in [5.41, 5.74) is 2.16. The van der Waals surface area contributed by atoms with Crippen LogP contribution in [0.5, 0.6) is 0 Å². The Hall–Kier alpha value is -3.53. The lowest BCUT2D eigenvalue weighted by atomic mass is 10.0. The number of Topliss-reactive ketones (excluding diaryl/α,β-unsaturated/α-hetero) is 1. The number of pyridine rings is 1. The summed E-state index contributed by atoms with van der Waals surface area (Å²) in [6.45, 7) is 7.77. The fraction of sp³-hybridized carbons (Fsp3) is 0.467. The van der Waals surface area contributed by atoms with Crippen molar-refractivity contribution < 1.29 is 27.2 Å². The third-order valence-electron chi connectivity index (χ3n) is 6.88. The molecule has 0 spiro atoms. The Kier molecular flexibility index (Phi) is 9.08. The molecule has 1 aromatic carbocycles. The molecule has 2 aromatic heterocycles. The molecule has 0 radical (unpaired) electrons. The summed E-state index contributed by atoms with van der Waals surface area (Å²) in [6.07, 6.45) is 5.79. The topological polar surface area (TPSA) is 120 Å². The van der Waals surface area contributed by atoms with Crippen LogP contribution in [0.3, 0.4) is 0 Å². The lowest BCUT2D eigenvalue weighted by Crippen LogP contribution is -2.44. The number of oxazole rings is 1. The van der Waals surface area contributed by atoms with Gasteiger partial charge in [0.25, 0.3) is 0 Å². The van der Waals surface area contributed by atoms with Crippen LogP contribution >= 0.6 is 0 Å². The number of sulfone groups is 1. The molecule has 3 heterocycles. The zero-order valence-corrected chi connectivity index (χ0v) is 24.4. The minimum atomic E-state index is -3.51. The summed E-state index contributed by atoms with van der Waals surface area (Å²) < 4.78 is 37.6. The number of aromatic nitrogens is 2. The maximum absolute atomic E-state index is 13.2. The van der Waals surface area contributed by atoms with Crippen LogP contribution in [0.1, 0.15) is 73.8 Å². The van der Waals surface area contributed by atoms with Crippen LogP contribution in [-0.4, -0.2) is 59.1 Å². The van der Waals surface area contributed by atoms with E-state index in [1.54, 1.807) is 63.1 Å². The average molecular weight is 568 g/mol. The number of likely N-dealkylation sites (tertiary alicyclic amines) is 1. The first kappa shape index (κ1) is 29.5. The molecule has 1 fully saturated rings. The van der Waals surface area contributed by atoms with E-state index < -0.39 is 26.8 Å². The molecule has 9 nitrogen and oxygen atoms in total. The molecule has 214 valence electrons. The van der Waals surface area contributed by atoms with Gasteiger partial charge in [-0.05, 0) is 77.1 Å². The van der Waals surface area contributed by atoms with Crippen molar-refractivity contribution in [3.05, 3.63) is 71.4 Å². The van der Waals surface area contributed by atoms with Gasteiger partial charge >= 0.3 is 6.09 Å². The maximum Gasteiger partial charge on any atom is 0.410 e. The average Bonchev–Trinajstić information content (AvgIpc) is 3.27. The summed E-state index contributed by atoms with van der Waals surface area (Å²) in [7, 11) is -3.51. The number of ketones is 1. The number of benzene rings is 1. The van der Waals surface area contributed by atoms with E-state index in [0.717, 1.165) is 18.4 Å². The molecule has 4 rings (SSSR count). The standard InChI is InChI=1S/C30H37N3O6S/c1-21-26(20-40(36,37)25-14-17-33(18-15-25)29(35)39-30(2,3)4)32-28(38-21)24-12-10-23(11-13-24)27(34)9-5-7-22-8-6-16-31-19-22/h6,8,10-13,16,19,25H,5,7,9,14-15,17-18,20H2,1-4H3. The molecule has 0 aliphatic carbocycles. The number of hydrogen-bond acceptors (Lipinski definition) is 8. The molecule has 0 N–H and O–H groups in total. The Morgan fingerprint density at radius 3 is 2.42 bits per heavy atom. The highest BCUT2D eigenvalue weighted by molar-refractivity contribution is 7.91. The van der Waals surface area contributed by atoms with Gasteiger partial charge in [0.05, 0.1) is 16.7 Å². The van der Waals surface area contributed by atoms with E-state index in [1.165, 1.54) is 0 Å². The molecular weight excluding hydrogens is 530 g/mol. The second kappa shape index (κ2) is 12.3. The quantitative estimate of drug-likeness (QED) is 0.308. The normalized spacial score (nSPS) is 14.8. The van der Waals surface area contributed by atoms with E-state index in [2.05, 4.69) is 9.97 Å². The monoisotopic (exact) mass is 567 g/mol. The van der Waals surface area contributed by atoms with Crippen molar-refractivity contribution in [2.45, 2.75) is 76.4 Å². The van der Waals surface area contributed by atoms with Gasteiger partial charge in [-0.1, -0.05) is 18.2 Å². The predicted octanol–water partition coefficient (Wildman–Crippen LogP) is 5.56. The second-order valence-electron chi connectivity index (χ2n) is 11.2. The minimum absolute atomic E-state index is 0.0588. The van der Waals surface area contributed by atoms with Gasteiger partial charge in [0, 0.05) is 43.0 Å². The van der Waals surface area contributed by atoms with Gasteiger partial charge in [-0.25, -0.2) is 18.2 Å². The van der Waals surface area contributed by atoms with E-state index >= 15 is 0 Å². The molecule has 0 atom stereocenters. The van der Waals surface area contributed by atoms with Gasteiger partial charge in [-0.2, -0.15) is 0 Å². The van der Waals surface area contributed by atoms with Gasteiger partial charge in [0.15, 0.2) is 15.6 Å². The molecule has 10 heteroatoms. The highest BCUT2D eigenvalue weighted by atomic mass is 32.2. The molecule has 0 bridgehead atoms. The van der Waals surface area contributed by atoms with Crippen LogP contribution in [0.15, 0.2) is 53.2 Å². The van der Waals surface area contributed by atoms with Crippen molar-refractivity contribution in [1.29, 1.82) is 0 Å². The van der Waals surface area contributed by atoms with Gasteiger partial charge < -0.3 is 14.1 Å². The first-order chi connectivity index (χ1) is 18.9. The molecule has 1 aliphatic heterocycles. The lowest BCUT2D eigenvalue weighted by molar-refractivity contribution is 0.0217. The Balaban J connectivity index is 1.33. The van der Waals surface area contributed by atoms with Gasteiger partial charge in [0.1, 0.15) is 11.4 Å². The number of carbonyl (C=O) groups excluding carboxylic acids is 2. The highest BCUT2D eigenvalue weighted by Gasteiger charge is 2.34. The second-order valence-corrected chi connectivity index (χ2v) is 13.5. The molecule has 0 unspecified atom stereocenters. The molecule has 40 heavy (non-hydrogen) atoms. The summed E-state index contributed by atoms with van der Waals surface area (Å²) in [4.78, 5) is 35.1. The minimum Gasteiger partial charge on any atom is -0.444 e. The number of piperidine rings is 1. The van der Waals surface area contributed by atoms with Crippen LogP contribution in [0, 0.1) is 6.92 Å². The van der Waals surface area contributed by atoms with Crippen LogP contribution in [-0.2, 0) is 26.7 Å². The highest BCUT2D eigenvalue weighted by Crippen LogP contribution is 2.27. The van der Waals surface area contributed by atoms with E-state index in [0.29, 0.717) is 60.8 Å². The number of hydrogen-bond donors (Lipinski definition) is 0. The summed E-state index contributed by atoms with van der Waals surface area (Å²) in [5, 5.41) is -0.561. The zero-order valence-electron chi connectivity index (χ0n) is 23.6. The number of nitrogens with zero attached hydrogens (tertiary/aromatic N) is 3. The fourth-order valence-corrected chi connectivity index (χ4v) is 6.47. The van der Waals surface area contributed by atoms with Crippen molar-refractivity contribution in [3.63, 3.8) is 0 Å². The Bertz CT molecular complexity index is 1420. The predicted molar refractivity (Wildman–Crippen MR) is 152 cm³/mol. The van der Waals surface area contributed by atoms with Crippen molar-refractivity contribution >= 4 is 21.7 Å². The number of aryl methyl sites for hydroxylation is 2. The lowest BCUT2D eigenvalue weighted by Gasteiger charge is -2.33. The van der Waals surface area contributed by atoms with Crippen molar-refractivity contribution in [2.75, 3.05) is 13.1 Å². The van der Waals surface area contributed by atoms with E-state index in [1.807, 2.05) is 18.3 Å². The van der Waals surface area contributed by atoms with E-state index in [9.17, 15) is 18.0 Å². The van der Waals surface area contributed by atoms with Gasteiger partial charge in [-0.3, -0.25) is 9.78 Å². The third-order valence-corrected chi connectivity index (χ3v) is 9.04. The maximum atomic E-state index is 13.2. The zero-order chi connectivity index (χ0) is 28.9. The Labute approximate surface area is 235 Å². The van der Waals surface area contributed by atoms with Crippen molar-refractivity contribution in [1.82, 2.24) is 14.9 Å². The van der Waals surface area contributed by atoms with Gasteiger partial charge in [0.2, 0.25) is 5.89 Å². The van der Waals surface area contributed by atoms with E-state index in [4.69, 9.17) is 9.15 Å². The first-order valence-electron chi connectivity index (χ1n) is 13.6. The number of rotatable bonds is 9. The molecular formula is C30H37N3O6S. The summed E-state index contributed by atoms with van der Waals surface area (Å²) >= 11 is 0. The molecule has 3 aromatic rings. The number of ether oxygens (including phenoxy) is 1. The Morgan fingerprint density at radius 1 is 1.10 bits per heavy atom. The fourth-order valence-electron chi connectivity index (χ4n) is 4.66. The van der Waals surface area contributed by atoms with Gasteiger partial charge in [-0.15, -0.1) is 0 Å². The summed E-state index contributed by atoms with van der Waals surface area (Å²) in [6, 6.07) is 10.9. The van der Waals surface area contributed by atoms with Crippen LogP contribution < -0.4 is 0 Å². The third kappa shape index (κ3) is 7.78.